The lowest BCUT2D eigenvalue weighted by Crippen LogP contribution is -2.69. The third kappa shape index (κ3) is 2.46. The zero-order valence-electron chi connectivity index (χ0n) is 18.2. The lowest BCUT2D eigenvalue weighted by atomic mass is 9.38. The van der Waals surface area contributed by atoms with E-state index in [2.05, 4.69) is 20.8 Å². The van der Waals surface area contributed by atoms with Gasteiger partial charge in [0.15, 0.2) is 11.6 Å². The van der Waals surface area contributed by atoms with Crippen LogP contribution in [0, 0.1) is 33.5 Å². The van der Waals surface area contributed by atoms with E-state index in [4.69, 9.17) is 4.74 Å². The summed E-state index contributed by atoms with van der Waals surface area (Å²) < 4.78 is 5.81. The first-order chi connectivity index (χ1) is 13.3. The summed E-state index contributed by atoms with van der Waals surface area (Å²) >= 11 is 0. The first kappa shape index (κ1) is 20.5. The van der Waals surface area contributed by atoms with Crippen LogP contribution in [0.3, 0.4) is 0 Å². The maximum atomic E-state index is 12.7. The van der Waals surface area contributed by atoms with E-state index in [0.717, 1.165) is 18.4 Å². The van der Waals surface area contributed by atoms with E-state index in [0.29, 0.717) is 6.42 Å². The molecule has 158 valence electrons. The lowest BCUT2D eigenvalue weighted by Gasteiger charge is -2.67. The van der Waals surface area contributed by atoms with Gasteiger partial charge in [0, 0.05) is 30.1 Å². The van der Waals surface area contributed by atoms with Gasteiger partial charge in [-0.05, 0) is 41.7 Å². The Kier molecular flexibility index (Phi) is 4.18. The van der Waals surface area contributed by atoms with Crippen molar-refractivity contribution in [1.29, 1.82) is 0 Å². The molecule has 0 aliphatic heterocycles. The van der Waals surface area contributed by atoms with Gasteiger partial charge in [-0.3, -0.25) is 14.4 Å². The number of carbonyl (C=O) groups is 3. The normalized spacial score (nSPS) is 47.8. The van der Waals surface area contributed by atoms with Gasteiger partial charge in [0.1, 0.15) is 6.10 Å². The molecule has 0 radical (unpaired) electrons. The summed E-state index contributed by atoms with van der Waals surface area (Å²) in [4.78, 5) is 37.3. The minimum atomic E-state index is -1.01. The highest BCUT2D eigenvalue weighted by Crippen LogP contribution is 2.70. The number of ether oxygens (including phenoxy) is 1. The standard InChI is InChI=1S/C24H32O5/c1-13(25)29-20-18(28)19-21(2,3)17(27)8-10-23(19,5)15-7-9-22(4)12-14(26)11-16(22)24(15,20)6/h8,10-11,15,18-20,28H,7,9,12H2,1-6H3/t15-,18-,19-,20-,22+,23-,24-/m1/s1. The van der Waals surface area contributed by atoms with Gasteiger partial charge in [-0.2, -0.15) is 0 Å². The number of aliphatic hydroxyl groups is 1. The van der Waals surface area contributed by atoms with E-state index in [1.165, 1.54) is 6.92 Å². The topological polar surface area (TPSA) is 80.7 Å². The highest BCUT2D eigenvalue weighted by molar-refractivity contribution is 5.96. The molecule has 0 aromatic heterocycles. The molecule has 4 aliphatic carbocycles. The monoisotopic (exact) mass is 400 g/mol. The Balaban J connectivity index is 1.97. The van der Waals surface area contributed by atoms with Crippen molar-refractivity contribution in [2.75, 3.05) is 0 Å². The summed E-state index contributed by atoms with van der Waals surface area (Å²) in [6.07, 6.45) is 5.77. The Labute approximate surface area is 172 Å². The van der Waals surface area contributed by atoms with E-state index in [9.17, 15) is 19.5 Å². The molecular formula is C24H32O5. The largest absolute Gasteiger partial charge is 0.459 e. The number of rotatable bonds is 1. The van der Waals surface area contributed by atoms with Crippen molar-refractivity contribution in [3.8, 4) is 0 Å². The molecule has 0 heterocycles. The van der Waals surface area contributed by atoms with Crippen LogP contribution in [0.2, 0.25) is 0 Å². The Morgan fingerprint density at radius 1 is 1.17 bits per heavy atom. The van der Waals surface area contributed by atoms with Crippen LogP contribution in [0.5, 0.6) is 0 Å². The van der Waals surface area contributed by atoms with Crippen LogP contribution in [0.4, 0.5) is 0 Å². The number of carbonyl (C=O) groups excluding carboxylic acids is 3. The summed E-state index contributed by atoms with van der Waals surface area (Å²) in [6.45, 7) is 11.4. The van der Waals surface area contributed by atoms with Crippen LogP contribution < -0.4 is 0 Å². The predicted molar refractivity (Wildman–Crippen MR) is 108 cm³/mol. The van der Waals surface area contributed by atoms with Crippen molar-refractivity contribution in [1.82, 2.24) is 0 Å². The molecule has 0 saturated heterocycles. The van der Waals surface area contributed by atoms with Crippen molar-refractivity contribution in [2.24, 2.45) is 33.5 Å². The molecule has 0 bridgehead atoms. The van der Waals surface area contributed by atoms with Crippen molar-refractivity contribution in [3.05, 3.63) is 23.8 Å². The van der Waals surface area contributed by atoms with E-state index >= 15 is 0 Å². The summed E-state index contributed by atoms with van der Waals surface area (Å²) in [5.74, 6) is -0.702. The number of hydrogen-bond acceptors (Lipinski definition) is 5. The number of hydrogen-bond donors (Lipinski definition) is 1. The Morgan fingerprint density at radius 3 is 2.45 bits per heavy atom. The van der Waals surface area contributed by atoms with Gasteiger partial charge >= 0.3 is 5.97 Å². The molecule has 2 saturated carbocycles. The van der Waals surface area contributed by atoms with Gasteiger partial charge in [-0.1, -0.05) is 46.3 Å². The molecule has 29 heavy (non-hydrogen) atoms. The average Bonchev–Trinajstić information content (AvgIpc) is 2.90. The van der Waals surface area contributed by atoms with E-state index in [1.54, 1.807) is 12.2 Å². The average molecular weight is 401 g/mol. The highest BCUT2D eigenvalue weighted by atomic mass is 16.6. The van der Waals surface area contributed by atoms with Gasteiger partial charge in [0.2, 0.25) is 0 Å². The smallest absolute Gasteiger partial charge is 0.303 e. The molecular weight excluding hydrogens is 368 g/mol. The van der Waals surface area contributed by atoms with Crippen LogP contribution in [-0.4, -0.2) is 34.9 Å². The van der Waals surface area contributed by atoms with Gasteiger partial charge in [0.05, 0.1) is 6.10 Å². The Bertz CT molecular complexity index is 866. The van der Waals surface area contributed by atoms with Gasteiger partial charge < -0.3 is 9.84 Å². The Morgan fingerprint density at radius 2 is 1.83 bits per heavy atom. The summed E-state index contributed by atoms with van der Waals surface area (Å²) in [5, 5.41) is 11.6. The number of ketones is 2. The Hall–Kier alpha value is -1.75. The number of fused-ring (bicyclic) bond motifs is 5. The van der Waals surface area contributed by atoms with Crippen molar-refractivity contribution in [3.63, 3.8) is 0 Å². The fourth-order valence-electron chi connectivity index (χ4n) is 7.69. The molecule has 0 aromatic carbocycles. The van der Waals surface area contributed by atoms with Crippen molar-refractivity contribution >= 4 is 17.5 Å². The summed E-state index contributed by atoms with van der Waals surface area (Å²) in [6, 6.07) is 0. The first-order valence-corrected chi connectivity index (χ1v) is 10.6. The SMILES string of the molecule is CC(=O)O[C@@H]1[C@H](O)[C@@H]2C(C)(C)C(=O)C=C[C@]2(C)[C@H]2CC[C@@]3(C)CC(=O)C=C3[C@]12C. The molecule has 5 nitrogen and oxygen atoms in total. The molecule has 0 unspecified atom stereocenters. The maximum Gasteiger partial charge on any atom is 0.303 e. The van der Waals surface area contributed by atoms with Crippen LogP contribution in [0.1, 0.15) is 60.8 Å². The van der Waals surface area contributed by atoms with E-state index < -0.39 is 34.4 Å². The third-order valence-electron chi connectivity index (χ3n) is 8.77. The zero-order chi connectivity index (χ0) is 21.6. The van der Waals surface area contributed by atoms with Crippen LogP contribution in [-0.2, 0) is 19.1 Å². The second-order valence-corrected chi connectivity index (χ2v) is 10.9. The van der Waals surface area contributed by atoms with Gasteiger partial charge in [0.25, 0.3) is 0 Å². The molecule has 7 atom stereocenters. The zero-order valence-corrected chi connectivity index (χ0v) is 18.2. The second kappa shape index (κ2) is 5.90. The quantitative estimate of drug-likeness (QED) is 0.683. The van der Waals surface area contributed by atoms with Crippen LogP contribution in [0.15, 0.2) is 23.8 Å². The molecule has 4 aliphatic rings. The molecule has 5 heteroatoms. The molecule has 1 N–H and O–H groups in total. The minimum absolute atomic E-state index is 0.0138. The molecule has 0 amide bonds. The minimum Gasteiger partial charge on any atom is -0.459 e. The molecule has 2 fully saturated rings. The first-order valence-electron chi connectivity index (χ1n) is 10.6. The molecule has 0 aromatic rings. The molecule has 0 spiro atoms. The number of allylic oxidation sites excluding steroid dienone is 3. The van der Waals surface area contributed by atoms with Gasteiger partial charge in [-0.25, -0.2) is 0 Å². The van der Waals surface area contributed by atoms with Crippen LogP contribution >= 0.6 is 0 Å². The lowest BCUT2D eigenvalue weighted by molar-refractivity contribution is -0.228. The van der Waals surface area contributed by atoms with Crippen molar-refractivity contribution < 1.29 is 24.2 Å². The second-order valence-electron chi connectivity index (χ2n) is 10.9. The number of aliphatic hydroxyl groups excluding tert-OH is 1. The fraction of sp³-hybridized carbons (Fsp3) is 0.708. The summed E-state index contributed by atoms with van der Waals surface area (Å²) in [7, 11) is 0. The summed E-state index contributed by atoms with van der Waals surface area (Å²) in [5.41, 5.74) is -1.16. The van der Waals surface area contributed by atoms with Crippen LogP contribution in [0.25, 0.3) is 0 Å². The highest BCUT2D eigenvalue weighted by Gasteiger charge is 2.71. The number of esters is 1. The van der Waals surface area contributed by atoms with E-state index in [1.807, 2.05) is 19.9 Å². The predicted octanol–water partition coefficient (Wildman–Crippen LogP) is 3.40. The molecule has 4 rings (SSSR count). The van der Waals surface area contributed by atoms with Crippen molar-refractivity contribution in [2.45, 2.75) is 73.0 Å². The maximum absolute atomic E-state index is 12.7. The van der Waals surface area contributed by atoms with Gasteiger partial charge in [-0.15, -0.1) is 0 Å². The third-order valence-corrected chi connectivity index (χ3v) is 8.77. The fourth-order valence-corrected chi connectivity index (χ4v) is 7.69. The van der Waals surface area contributed by atoms with E-state index in [-0.39, 0.29) is 28.8 Å².